The topological polar surface area (TPSA) is 75.6 Å². The van der Waals surface area contributed by atoms with Crippen LogP contribution in [0.1, 0.15) is 62.3 Å². The summed E-state index contributed by atoms with van der Waals surface area (Å²) in [6.07, 6.45) is 10.3. The van der Waals surface area contributed by atoms with Crippen LogP contribution in [0.3, 0.4) is 0 Å². The van der Waals surface area contributed by atoms with Crippen molar-refractivity contribution in [2.75, 3.05) is 5.73 Å². The smallest absolute Gasteiger partial charge is 0.145 e. The summed E-state index contributed by atoms with van der Waals surface area (Å²) >= 11 is 0. The molecule has 0 saturated heterocycles. The first-order chi connectivity index (χ1) is 8.31. The van der Waals surface area contributed by atoms with Crippen LogP contribution in [0.2, 0.25) is 0 Å². The molecule has 1 fully saturated rings. The predicted molar refractivity (Wildman–Crippen MR) is 66.2 cm³/mol. The van der Waals surface area contributed by atoms with Crippen LogP contribution in [-0.2, 0) is 0 Å². The lowest BCUT2D eigenvalue weighted by molar-refractivity contribution is 0.442. The molecule has 0 bridgehead atoms. The second kappa shape index (κ2) is 5.62. The van der Waals surface area contributed by atoms with Gasteiger partial charge < -0.3 is 5.73 Å². The molecule has 4 nitrogen and oxygen atoms in total. The summed E-state index contributed by atoms with van der Waals surface area (Å²) < 4.78 is 0. The Labute approximate surface area is 102 Å². The molecule has 0 radical (unpaired) electrons. The second-order valence-electron chi connectivity index (χ2n) is 4.68. The van der Waals surface area contributed by atoms with Gasteiger partial charge in [0.15, 0.2) is 0 Å². The molecule has 0 amide bonds. The van der Waals surface area contributed by atoms with Crippen LogP contribution < -0.4 is 5.73 Å². The highest BCUT2D eigenvalue weighted by molar-refractivity contribution is 5.46. The number of nitriles is 1. The van der Waals surface area contributed by atoms with Crippen LogP contribution in [0, 0.1) is 11.3 Å². The van der Waals surface area contributed by atoms with E-state index in [1.807, 2.05) is 6.07 Å². The van der Waals surface area contributed by atoms with E-state index in [9.17, 15) is 0 Å². The first kappa shape index (κ1) is 11.8. The van der Waals surface area contributed by atoms with Gasteiger partial charge in [-0.2, -0.15) is 5.26 Å². The van der Waals surface area contributed by atoms with Crippen LogP contribution in [0.15, 0.2) is 6.20 Å². The summed E-state index contributed by atoms with van der Waals surface area (Å²) in [5, 5.41) is 8.79. The first-order valence-corrected chi connectivity index (χ1v) is 6.34. The normalized spacial score (nSPS) is 18.1. The van der Waals surface area contributed by atoms with Crippen LogP contribution in [-0.4, -0.2) is 9.97 Å². The molecule has 0 unspecified atom stereocenters. The van der Waals surface area contributed by atoms with Crippen molar-refractivity contribution < 1.29 is 0 Å². The van der Waals surface area contributed by atoms with Gasteiger partial charge in [-0.25, -0.2) is 9.97 Å². The number of nitrogens with two attached hydrogens (primary N) is 1. The average Bonchev–Trinajstić information content (AvgIpc) is 2.28. The van der Waals surface area contributed by atoms with E-state index in [1.165, 1.54) is 32.1 Å². The molecular weight excluding hydrogens is 212 g/mol. The summed E-state index contributed by atoms with van der Waals surface area (Å²) in [5.74, 6) is 1.56. The molecule has 2 N–H and O–H groups in total. The maximum atomic E-state index is 8.79. The van der Waals surface area contributed by atoms with Crippen molar-refractivity contribution in [1.82, 2.24) is 9.97 Å². The van der Waals surface area contributed by atoms with E-state index in [0.29, 0.717) is 17.3 Å². The summed E-state index contributed by atoms with van der Waals surface area (Å²) in [7, 11) is 0. The van der Waals surface area contributed by atoms with Gasteiger partial charge in [0.1, 0.15) is 23.3 Å². The van der Waals surface area contributed by atoms with Crippen molar-refractivity contribution in [3.63, 3.8) is 0 Å². The standard InChI is InChI=1S/C13H18N4/c14-8-11-9-16-13(17-12(11)15)10-6-4-2-1-3-5-7-10/h9-10H,1-7H2,(H2,15,16,17). The van der Waals surface area contributed by atoms with Gasteiger partial charge in [0.05, 0.1) is 6.20 Å². The highest BCUT2D eigenvalue weighted by atomic mass is 14.9. The molecule has 1 aromatic rings. The molecule has 2 rings (SSSR count). The maximum Gasteiger partial charge on any atom is 0.145 e. The van der Waals surface area contributed by atoms with Crippen molar-refractivity contribution in [2.24, 2.45) is 0 Å². The number of nitrogen functional groups attached to an aromatic ring is 1. The lowest BCUT2D eigenvalue weighted by atomic mass is 9.90. The molecule has 4 heteroatoms. The van der Waals surface area contributed by atoms with Crippen molar-refractivity contribution in [3.05, 3.63) is 17.6 Å². The van der Waals surface area contributed by atoms with E-state index in [-0.39, 0.29) is 0 Å². The highest BCUT2D eigenvalue weighted by Gasteiger charge is 2.17. The fourth-order valence-corrected chi connectivity index (χ4v) is 2.41. The third-order valence-corrected chi connectivity index (χ3v) is 3.43. The van der Waals surface area contributed by atoms with E-state index in [2.05, 4.69) is 9.97 Å². The molecule has 0 aliphatic heterocycles. The quantitative estimate of drug-likeness (QED) is 0.804. The Hall–Kier alpha value is -1.63. The zero-order valence-corrected chi connectivity index (χ0v) is 10.0. The van der Waals surface area contributed by atoms with Gasteiger partial charge in [-0.15, -0.1) is 0 Å². The zero-order chi connectivity index (χ0) is 12.1. The fraction of sp³-hybridized carbons (Fsp3) is 0.615. The van der Waals surface area contributed by atoms with Gasteiger partial charge in [0.2, 0.25) is 0 Å². The molecule has 1 aromatic heterocycles. The number of rotatable bonds is 1. The molecular formula is C13H18N4. The Bertz CT molecular complexity index is 414. The molecule has 17 heavy (non-hydrogen) atoms. The monoisotopic (exact) mass is 230 g/mol. The summed E-state index contributed by atoms with van der Waals surface area (Å²) in [6, 6.07) is 2.00. The van der Waals surface area contributed by atoms with Gasteiger partial charge in [-0.1, -0.05) is 32.1 Å². The van der Waals surface area contributed by atoms with E-state index < -0.39 is 0 Å². The van der Waals surface area contributed by atoms with Gasteiger partial charge in [0.25, 0.3) is 0 Å². The van der Waals surface area contributed by atoms with E-state index in [1.54, 1.807) is 6.20 Å². The molecule has 90 valence electrons. The van der Waals surface area contributed by atoms with Crippen LogP contribution >= 0.6 is 0 Å². The van der Waals surface area contributed by atoms with Gasteiger partial charge >= 0.3 is 0 Å². The van der Waals surface area contributed by atoms with E-state index in [0.717, 1.165) is 18.7 Å². The SMILES string of the molecule is N#Cc1cnc(C2CCCCCCC2)nc1N. The highest BCUT2D eigenvalue weighted by Crippen LogP contribution is 2.29. The molecule has 1 aliphatic carbocycles. The molecule has 1 saturated carbocycles. The largest absolute Gasteiger partial charge is 0.382 e. The minimum atomic E-state index is 0.319. The lowest BCUT2D eigenvalue weighted by Gasteiger charge is -2.18. The molecule has 0 spiro atoms. The first-order valence-electron chi connectivity index (χ1n) is 6.34. The van der Waals surface area contributed by atoms with Crippen molar-refractivity contribution in [2.45, 2.75) is 50.9 Å². The summed E-state index contributed by atoms with van der Waals surface area (Å²) in [6.45, 7) is 0. The summed E-state index contributed by atoms with van der Waals surface area (Å²) in [5.41, 5.74) is 6.11. The van der Waals surface area contributed by atoms with Gasteiger partial charge in [-0.3, -0.25) is 0 Å². The number of hydrogen-bond acceptors (Lipinski definition) is 4. The Morgan fingerprint density at radius 2 is 1.82 bits per heavy atom. The molecule has 0 atom stereocenters. The van der Waals surface area contributed by atoms with Crippen LogP contribution in [0.5, 0.6) is 0 Å². The Morgan fingerprint density at radius 1 is 1.18 bits per heavy atom. The van der Waals surface area contributed by atoms with Crippen molar-refractivity contribution >= 4 is 5.82 Å². The molecule has 1 heterocycles. The zero-order valence-electron chi connectivity index (χ0n) is 10.0. The van der Waals surface area contributed by atoms with Crippen LogP contribution in [0.4, 0.5) is 5.82 Å². The number of anilines is 1. The fourth-order valence-electron chi connectivity index (χ4n) is 2.41. The average molecular weight is 230 g/mol. The predicted octanol–water partition coefficient (Wildman–Crippen LogP) is 2.76. The Balaban J connectivity index is 2.15. The third-order valence-electron chi connectivity index (χ3n) is 3.43. The number of aromatic nitrogens is 2. The van der Waals surface area contributed by atoms with Crippen LogP contribution in [0.25, 0.3) is 0 Å². The lowest BCUT2D eigenvalue weighted by Crippen LogP contribution is -2.09. The maximum absolute atomic E-state index is 8.79. The Kier molecular flexibility index (Phi) is 3.92. The minimum Gasteiger partial charge on any atom is -0.382 e. The number of hydrogen-bond donors (Lipinski definition) is 1. The van der Waals surface area contributed by atoms with Gasteiger partial charge in [-0.05, 0) is 12.8 Å². The van der Waals surface area contributed by atoms with Crippen molar-refractivity contribution in [1.29, 1.82) is 5.26 Å². The van der Waals surface area contributed by atoms with E-state index in [4.69, 9.17) is 11.0 Å². The Morgan fingerprint density at radius 3 is 2.41 bits per heavy atom. The summed E-state index contributed by atoms with van der Waals surface area (Å²) in [4.78, 5) is 8.58. The second-order valence-corrected chi connectivity index (χ2v) is 4.68. The molecule has 1 aliphatic rings. The number of nitrogens with zero attached hydrogens (tertiary/aromatic N) is 3. The third kappa shape index (κ3) is 2.94. The van der Waals surface area contributed by atoms with Crippen molar-refractivity contribution in [3.8, 4) is 6.07 Å². The molecule has 0 aromatic carbocycles. The van der Waals surface area contributed by atoms with Gasteiger partial charge in [0, 0.05) is 5.92 Å². The van der Waals surface area contributed by atoms with E-state index >= 15 is 0 Å². The minimum absolute atomic E-state index is 0.319.